The minimum atomic E-state index is -0.309. The summed E-state index contributed by atoms with van der Waals surface area (Å²) in [6.07, 6.45) is 7.26. The predicted molar refractivity (Wildman–Crippen MR) is 81.8 cm³/mol. The fourth-order valence-corrected chi connectivity index (χ4v) is 3.34. The zero-order valence-corrected chi connectivity index (χ0v) is 13.6. The van der Waals surface area contributed by atoms with Crippen LogP contribution in [0.5, 0.6) is 0 Å². The van der Waals surface area contributed by atoms with Gasteiger partial charge in [0.05, 0.1) is 0 Å². The molecule has 0 aliphatic heterocycles. The van der Waals surface area contributed by atoms with Crippen LogP contribution in [-0.4, -0.2) is 23.8 Å². The Morgan fingerprint density at radius 2 is 2.00 bits per heavy atom. The monoisotopic (exact) mass is 295 g/mol. The van der Waals surface area contributed by atoms with Gasteiger partial charge in [0.15, 0.2) is 0 Å². The summed E-state index contributed by atoms with van der Waals surface area (Å²) >= 11 is 0. The number of hydrogen-bond donors (Lipinski definition) is 1. The molecule has 2 N–H and O–H groups in total. The zero-order valence-electron chi connectivity index (χ0n) is 13.6. The molecule has 21 heavy (non-hydrogen) atoms. The Balaban J connectivity index is 1.96. The second-order valence-electron chi connectivity index (χ2n) is 6.54. The van der Waals surface area contributed by atoms with Gasteiger partial charge in [-0.1, -0.05) is 19.0 Å². The number of hydrogen-bond acceptors (Lipinski definition) is 5. The molecule has 0 spiro atoms. The van der Waals surface area contributed by atoms with E-state index in [1.807, 2.05) is 0 Å². The Kier molecular flexibility index (Phi) is 5.76. The fraction of sp³-hybridized carbons (Fsp3) is 0.875. The lowest BCUT2D eigenvalue weighted by Gasteiger charge is -2.22. The molecule has 1 aromatic rings. The minimum absolute atomic E-state index is 0.309. The van der Waals surface area contributed by atoms with Gasteiger partial charge in [0.2, 0.25) is 11.7 Å². The number of rotatable bonds is 8. The van der Waals surface area contributed by atoms with Gasteiger partial charge in [-0.3, -0.25) is 0 Å². The van der Waals surface area contributed by atoms with Gasteiger partial charge in [0, 0.05) is 13.5 Å². The van der Waals surface area contributed by atoms with Gasteiger partial charge in [0.25, 0.3) is 0 Å². The fourth-order valence-electron chi connectivity index (χ4n) is 3.34. The van der Waals surface area contributed by atoms with Crippen molar-refractivity contribution in [2.75, 3.05) is 13.7 Å². The van der Waals surface area contributed by atoms with E-state index < -0.39 is 0 Å². The van der Waals surface area contributed by atoms with E-state index in [-0.39, 0.29) is 5.60 Å². The number of aryl methyl sites for hydroxylation is 1. The van der Waals surface area contributed by atoms with Crippen LogP contribution >= 0.6 is 0 Å². The molecule has 1 atom stereocenters. The van der Waals surface area contributed by atoms with Gasteiger partial charge in [-0.2, -0.15) is 4.98 Å². The van der Waals surface area contributed by atoms with Crippen molar-refractivity contribution in [1.82, 2.24) is 10.1 Å². The average molecular weight is 295 g/mol. The van der Waals surface area contributed by atoms with E-state index in [9.17, 15) is 0 Å². The summed E-state index contributed by atoms with van der Waals surface area (Å²) in [6.45, 7) is 5.24. The standard InChI is InChI=1S/C16H29N3O2/c1-12(2)13(8-11-17)6-7-14-18-15(19-21-14)16(20-3)9-4-5-10-16/h12-13H,4-11,17H2,1-3H3. The van der Waals surface area contributed by atoms with Crippen molar-refractivity contribution in [2.45, 2.75) is 64.4 Å². The van der Waals surface area contributed by atoms with Crippen LogP contribution in [0.4, 0.5) is 0 Å². The molecule has 1 aliphatic carbocycles. The van der Waals surface area contributed by atoms with Gasteiger partial charge in [-0.25, -0.2) is 0 Å². The number of methoxy groups -OCH3 is 1. The quantitative estimate of drug-likeness (QED) is 0.798. The van der Waals surface area contributed by atoms with Gasteiger partial charge in [-0.15, -0.1) is 0 Å². The van der Waals surface area contributed by atoms with Crippen molar-refractivity contribution in [1.29, 1.82) is 0 Å². The first-order chi connectivity index (χ1) is 10.1. The summed E-state index contributed by atoms with van der Waals surface area (Å²) in [6, 6.07) is 0. The predicted octanol–water partition coefficient (Wildman–Crippen LogP) is 3.04. The van der Waals surface area contributed by atoms with E-state index in [0.29, 0.717) is 11.8 Å². The van der Waals surface area contributed by atoms with Crippen molar-refractivity contribution < 1.29 is 9.26 Å². The number of ether oxygens (including phenoxy) is 1. The molecule has 2 rings (SSSR count). The first-order valence-corrected chi connectivity index (χ1v) is 8.19. The van der Waals surface area contributed by atoms with E-state index >= 15 is 0 Å². The van der Waals surface area contributed by atoms with Gasteiger partial charge in [-0.05, 0) is 56.9 Å². The average Bonchev–Trinajstić information content (AvgIpc) is 3.12. The van der Waals surface area contributed by atoms with Crippen LogP contribution in [0.1, 0.15) is 64.1 Å². The van der Waals surface area contributed by atoms with Crippen LogP contribution in [0.3, 0.4) is 0 Å². The second-order valence-corrected chi connectivity index (χ2v) is 6.54. The molecule has 0 radical (unpaired) electrons. The topological polar surface area (TPSA) is 74.2 Å². The molecular formula is C16H29N3O2. The normalized spacial score (nSPS) is 19.3. The Bertz CT molecular complexity index is 425. The van der Waals surface area contributed by atoms with Crippen LogP contribution in [0.15, 0.2) is 4.52 Å². The molecule has 0 aromatic carbocycles. The lowest BCUT2D eigenvalue weighted by Crippen LogP contribution is -2.26. The van der Waals surface area contributed by atoms with E-state index in [1.165, 1.54) is 12.8 Å². The van der Waals surface area contributed by atoms with Crippen LogP contribution < -0.4 is 5.73 Å². The third-order valence-electron chi connectivity index (χ3n) is 4.89. The largest absolute Gasteiger partial charge is 0.370 e. The maximum Gasteiger partial charge on any atom is 0.226 e. The van der Waals surface area contributed by atoms with E-state index in [1.54, 1.807) is 7.11 Å². The summed E-state index contributed by atoms with van der Waals surface area (Å²) < 4.78 is 11.1. The maximum absolute atomic E-state index is 5.70. The molecule has 1 saturated carbocycles. The SMILES string of the molecule is COC1(c2noc(CCC(CCN)C(C)C)n2)CCCC1. The van der Waals surface area contributed by atoms with E-state index in [4.69, 9.17) is 15.0 Å². The summed E-state index contributed by atoms with van der Waals surface area (Å²) in [7, 11) is 1.75. The highest BCUT2D eigenvalue weighted by molar-refractivity contribution is 5.04. The van der Waals surface area contributed by atoms with Gasteiger partial charge in [0.1, 0.15) is 5.60 Å². The number of nitrogens with two attached hydrogens (primary N) is 1. The summed E-state index contributed by atoms with van der Waals surface area (Å²) in [5.41, 5.74) is 5.38. The van der Waals surface area contributed by atoms with Crippen molar-refractivity contribution in [3.8, 4) is 0 Å². The van der Waals surface area contributed by atoms with Crippen LogP contribution in [0.25, 0.3) is 0 Å². The molecular weight excluding hydrogens is 266 g/mol. The molecule has 0 saturated heterocycles. The lowest BCUT2D eigenvalue weighted by atomic mass is 9.88. The molecule has 5 heteroatoms. The summed E-state index contributed by atoms with van der Waals surface area (Å²) in [5, 5.41) is 4.17. The molecule has 5 nitrogen and oxygen atoms in total. The third-order valence-corrected chi connectivity index (χ3v) is 4.89. The van der Waals surface area contributed by atoms with Gasteiger partial charge >= 0.3 is 0 Å². The highest BCUT2D eigenvalue weighted by atomic mass is 16.5. The highest BCUT2D eigenvalue weighted by Gasteiger charge is 2.40. The molecule has 0 amide bonds. The van der Waals surface area contributed by atoms with Crippen molar-refractivity contribution >= 4 is 0 Å². The first-order valence-electron chi connectivity index (χ1n) is 8.19. The van der Waals surface area contributed by atoms with Crippen LogP contribution in [0.2, 0.25) is 0 Å². The van der Waals surface area contributed by atoms with Crippen molar-refractivity contribution in [3.63, 3.8) is 0 Å². The Morgan fingerprint density at radius 1 is 1.29 bits per heavy atom. The van der Waals surface area contributed by atoms with Gasteiger partial charge < -0.3 is 15.0 Å². The van der Waals surface area contributed by atoms with Crippen molar-refractivity contribution in [3.05, 3.63) is 11.7 Å². The first kappa shape index (κ1) is 16.4. The molecule has 1 fully saturated rings. The molecule has 1 unspecified atom stereocenters. The van der Waals surface area contributed by atoms with Crippen LogP contribution in [0, 0.1) is 11.8 Å². The van der Waals surface area contributed by atoms with Crippen molar-refractivity contribution in [2.24, 2.45) is 17.6 Å². The summed E-state index contributed by atoms with van der Waals surface area (Å²) in [4.78, 5) is 4.59. The van der Waals surface area contributed by atoms with E-state index in [2.05, 4.69) is 24.0 Å². The maximum atomic E-state index is 5.70. The Hall–Kier alpha value is -0.940. The Morgan fingerprint density at radius 3 is 2.57 bits per heavy atom. The third kappa shape index (κ3) is 3.83. The molecule has 1 aliphatic rings. The molecule has 120 valence electrons. The lowest BCUT2D eigenvalue weighted by molar-refractivity contribution is -0.0178. The zero-order chi connectivity index (χ0) is 15.3. The summed E-state index contributed by atoms with van der Waals surface area (Å²) in [5.74, 6) is 2.72. The smallest absolute Gasteiger partial charge is 0.226 e. The molecule has 1 aromatic heterocycles. The molecule has 1 heterocycles. The highest BCUT2D eigenvalue weighted by Crippen LogP contribution is 2.40. The number of nitrogens with zero attached hydrogens (tertiary/aromatic N) is 2. The second kappa shape index (κ2) is 7.36. The van der Waals surface area contributed by atoms with E-state index in [0.717, 1.165) is 50.4 Å². The minimum Gasteiger partial charge on any atom is -0.370 e. The van der Waals surface area contributed by atoms with Crippen LogP contribution in [-0.2, 0) is 16.8 Å². The Labute approximate surface area is 127 Å². The molecule has 0 bridgehead atoms. The number of aromatic nitrogens is 2.